The van der Waals surface area contributed by atoms with Crippen molar-refractivity contribution in [1.29, 1.82) is 0 Å². The lowest BCUT2D eigenvalue weighted by atomic mass is 10.1. The molecule has 0 unspecified atom stereocenters. The van der Waals surface area contributed by atoms with Crippen molar-refractivity contribution in [3.63, 3.8) is 0 Å². The van der Waals surface area contributed by atoms with Crippen LogP contribution in [0.15, 0.2) is 12.1 Å². The van der Waals surface area contributed by atoms with Gasteiger partial charge in [0, 0.05) is 5.56 Å². The molecule has 0 heterocycles. The second kappa shape index (κ2) is 6.83. The van der Waals surface area contributed by atoms with Crippen LogP contribution in [-0.2, 0) is 16.0 Å². The Hall–Kier alpha value is -1.96. The molecule has 0 aliphatic carbocycles. The maximum atomic E-state index is 11.4. The molecule has 0 amide bonds. The van der Waals surface area contributed by atoms with Crippen molar-refractivity contribution in [2.24, 2.45) is 0 Å². The average Bonchev–Trinajstić information content (AvgIpc) is 2.38. The van der Waals surface area contributed by atoms with Gasteiger partial charge in [0.15, 0.2) is 11.5 Å². The Balaban J connectivity index is 3.19. The van der Waals surface area contributed by atoms with Gasteiger partial charge in [0.05, 0.1) is 31.6 Å². The Morgan fingerprint density at radius 2 is 1.89 bits per heavy atom. The van der Waals surface area contributed by atoms with Crippen molar-refractivity contribution in [3.8, 4) is 11.5 Å². The molecule has 0 radical (unpaired) electrons. The fourth-order valence-electron chi connectivity index (χ4n) is 1.50. The number of carbonyl (C=O) groups is 1. The van der Waals surface area contributed by atoms with Gasteiger partial charge in [-0.1, -0.05) is 0 Å². The molecule has 0 aliphatic rings. The zero-order chi connectivity index (χ0) is 14.4. The topological polar surface area (TPSA) is 87.9 Å². The molecular formula is C11H13NO6S. The van der Waals surface area contributed by atoms with Crippen molar-refractivity contribution in [2.45, 2.75) is 6.42 Å². The number of nitrogens with zero attached hydrogens (tertiary/aromatic N) is 1. The van der Waals surface area contributed by atoms with Crippen LogP contribution in [0.4, 0.5) is 5.69 Å². The van der Waals surface area contributed by atoms with Crippen molar-refractivity contribution in [3.05, 3.63) is 27.8 Å². The van der Waals surface area contributed by atoms with Gasteiger partial charge in [-0.15, -0.1) is 12.6 Å². The zero-order valence-corrected chi connectivity index (χ0v) is 11.3. The summed E-state index contributed by atoms with van der Waals surface area (Å²) in [6, 6.07) is 2.60. The van der Waals surface area contributed by atoms with Gasteiger partial charge < -0.3 is 14.2 Å². The van der Waals surface area contributed by atoms with E-state index in [1.165, 1.54) is 26.4 Å². The van der Waals surface area contributed by atoms with Gasteiger partial charge in [0.2, 0.25) is 0 Å². The number of nitro groups is 1. The molecule has 0 spiro atoms. The Kier molecular flexibility index (Phi) is 5.43. The zero-order valence-electron chi connectivity index (χ0n) is 10.4. The molecule has 7 nitrogen and oxygen atoms in total. The van der Waals surface area contributed by atoms with Crippen molar-refractivity contribution >= 4 is 24.3 Å². The second-order valence-electron chi connectivity index (χ2n) is 3.42. The van der Waals surface area contributed by atoms with Gasteiger partial charge in [-0.3, -0.25) is 14.9 Å². The van der Waals surface area contributed by atoms with E-state index in [0.717, 1.165) is 0 Å². The molecule has 0 bridgehead atoms. The first-order valence-electron chi connectivity index (χ1n) is 5.19. The minimum atomic E-state index is -0.606. The predicted octanol–water partition coefficient (Wildman–Crippen LogP) is 1.58. The molecule has 0 atom stereocenters. The van der Waals surface area contributed by atoms with Gasteiger partial charge in [0.25, 0.3) is 5.69 Å². The standard InChI is InChI=1S/C11H13NO6S/c1-16-9-3-7(4-11(13)18-6-19)8(12(14)15)5-10(9)17-2/h3,5,19H,4,6H2,1-2H3. The maximum absolute atomic E-state index is 11.4. The molecule has 1 aromatic rings. The number of nitro benzene ring substituents is 1. The minimum absolute atomic E-state index is 0.0834. The van der Waals surface area contributed by atoms with E-state index in [-0.39, 0.29) is 29.4 Å². The fourth-order valence-corrected chi connectivity index (χ4v) is 1.64. The van der Waals surface area contributed by atoms with Crippen LogP contribution in [0.25, 0.3) is 0 Å². The molecule has 8 heteroatoms. The molecule has 1 aromatic carbocycles. The summed E-state index contributed by atoms with van der Waals surface area (Å²) in [6.45, 7) is 0. The lowest BCUT2D eigenvalue weighted by Gasteiger charge is -2.10. The van der Waals surface area contributed by atoms with Crippen LogP contribution < -0.4 is 9.47 Å². The summed E-state index contributed by atoms with van der Waals surface area (Å²) in [5.41, 5.74) is -0.0387. The first-order chi connectivity index (χ1) is 9.03. The van der Waals surface area contributed by atoms with E-state index in [2.05, 4.69) is 17.4 Å². The summed E-state index contributed by atoms with van der Waals surface area (Å²) in [7, 11) is 2.77. The summed E-state index contributed by atoms with van der Waals surface area (Å²) < 4.78 is 14.7. The van der Waals surface area contributed by atoms with Crippen molar-refractivity contribution in [1.82, 2.24) is 0 Å². The number of rotatable bonds is 6. The number of thiol groups is 1. The van der Waals surface area contributed by atoms with Crippen LogP contribution in [0, 0.1) is 10.1 Å². The molecule has 0 saturated heterocycles. The minimum Gasteiger partial charge on any atom is -0.493 e. The van der Waals surface area contributed by atoms with Gasteiger partial charge >= 0.3 is 5.97 Å². The highest BCUT2D eigenvalue weighted by molar-refractivity contribution is 7.80. The highest BCUT2D eigenvalue weighted by Crippen LogP contribution is 2.34. The largest absolute Gasteiger partial charge is 0.493 e. The van der Waals surface area contributed by atoms with Gasteiger partial charge in [-0.2, -0.15) is 0 Å². The number of carbonyl (C=O) groups excluding carboxylic acids is 1. The van der Waals surface area contributed by atoms with Crippen LogP contribution >= 0.6 is 12.6 Å². The number of ether oxygens (including phenoxy) is 3. The van der Waals surface area contributed by atoms with Crippen molar-refractivity contribution in [2.75, 3.05) is 20.2 Å². The van der Waals surface area contributed by atoms with E-state index >= 15 is 0 Å². The third-order valence-electron chi connectivity index (χ3n) is 2.34. The lowest BCUT2D eigenvalue weighted by molar-refractivity contribution is -0.385. The quantitative estimate of drug-likeness (QED) is 0.281. The third-order valence-corrected chi connectivity index (χ3v) is 2.47. The molecule has 1 rings (SSSR count). The SMILES string of the molecule is COc1cc(CC(=O)OCS)c([N+](=O)[O-])cc1OC. The summed E-state index contributed by atoms with van der Waals surface area (Å²) in [5.74, 6) is -0.160. The molecule has 0 aliphatic heterocycles. The molecule has 0 saturated carbocycles. The van der Waals surface area contributed by atoms with Crippen LogP contribution in [0.2, 0.25) is 0 Å². The highest BCUT2D eigenvalue weighted by atomic mass is 32.1. The summed E-state index contributed by atoms with van der Waals surface area (Å²) >= 11 is 3.74. The van der Waals surface area contributed by atoms with Gasteiger partial charge in [0.1, 0.15) is 5.94 Å². The average molecular weight is 287 g/mol. The van der Waals surface area contributed by atoms with Gasteiger partial charge in [-0.25, -0.2) is 0 Å². The summed E-state index contributed by atoms with van der Waals surface area (Å²) in [4.78, 5) is 21.8. The lowest BCUT2D eigenvalue weighted by Crippen LogP contribution is -2.09. The second-order valence-corrected chi connectivity index (χ2v) is 3.67. The van der Waals surface area contributed by atoms with Crippen LogP contribution in [0.5, 0.6) is 11.5 Å². The van der Waals surface area contributed by atoms with E-state index in [1.807, 2.05) is 0 Å². The Labute approximate surface area is 115 Å². The molecular weight excluding hydrogens is 274 g/mol. The number of hydrogen-bond acceptors (Lipinski definition) is 7. The Morgan fingerprint density at radius 3 is 2.37 bits per heavy atom. The molecule has 0 fully saturated rings. The third kappa shape index (κ3) is 3.75. The van der Waals surface area contributed by atoms with E-state index < -0.39 is 10.9 Å². The first-order valence-corrected chi connectivity index (χ1v) is 5.82. The smallest absolute Gasteiger partial charge is 0.311 e. The van der Waals surface area contributed by atoms with Gasteiger partial charge in [-0.05, 0) is 6.07 Å². The monoisotopic (exact) mass is 287 g/mol. The summed E-state index contributed by atoms with van der Waals surface area (Å²) in [5, 5.41) is 11.0. The van der Waals surface area contributed by atoms with E-state index in [9.17, 15) is 14.9 Å². The van der Waals surface area contributed by atoms with Crippen LogP contribution in [0.3, 0.4) is 0 Å². The van der Waals surface area contributed by atoms with Crippen LogP contribution in [0.1, 0.15) is 5.56 Å². The molecule has 0 aromatic heterocycles. The van der Waals surface area contributed by atoms with Crippen LogP contribution in [-0.4, -0.2) is 31.1 Å². The predicted molar refractivity (Wildman–Crippen MR) is 69.8 cm³/mol. The fraction of sp³-hybridized carbons (Fsp3) is 0.364. The Morgan fingerprint density at radius 1 is 1.32 bits per heavy atom. The molecule has 0 N–H and O–H groups in total. The van der Waals surface area contributed by atoms with E-state index in [1.54, 1.807) is 0 Å². The highest BCUT2D eigenvalue weighted by Gasteiger charge is 2.21. The molecule has 104 valence electrons. The normalized spacial score (nSPS) is 9.84. The summed E-state index contributed by atoms with van der Waals surface area (Å²) in [6.07, 6.45) is -0.239. The van der Waals surface area contributed by atoms with E-state index in [4.69, 9.17) is 9.47 Å². The Bertz CT molecular complexity index is 490. The number of hydrogen-bond donors (Lipinski definition) is 1. The maximum Gasteiger partial charge on any atom is 0.311 e. The number of benzene rings is 1. The first kappa shape index (κ1) is 15.1. The number of esters is 1. The number of methoxy groups -OCH3 is 2. The van der Waals surface area contributed by atoms with Crippen molar-refractivity contribution < 1.29 is 23.9 Å². The molecule has 19 heavy (non-hydrogen) atoms. The van der Waals surface area contributed by atoms with E-state index in [0.29, 0.717) is 5.75 Å².